The molecule has 3 fully saturated rings. The van der Waals surface area contributed by atoms with E-state index >= 15 is 0 Å². The molecule has 0 aliphatic carbocycles. The summed E-state index contributed by atoms with van der Waals surface area (Å²) < 4.78 is 31.9. The first kappa shape index (κ1) is 29.5. The number of nitrogens with zero attached hydrogens (tertiary/aromatic N) is 4. The molecule has 4 heterocycles. The number of sulfonamides is 1. The Labute approximate surface area is 241 Å². The second-order valence-corrected chi connectivity index (χ2v) is 13.7. The molecule has 3 saturated heterocycles. The topological polar surface area (TPSA) is 121 Å². The molecule has 41 heavy (non-hydrogen) atoms. The van der Waals surface area contributed by atoms with E-state index in [1.807, 2.05) is 38.1 Å². The van der Waals surface area contributed by atoms with Gasteiger partial charge in [0.1, 0.15) is 5.56 Å². The summed E-state index contributed by atoms with van der Waals surface area (Å²) in [6.07, 6.45) is 5.30. The van der Waals surface area contributed by atoms with E-state index in [-0.39, 0.29) is 42.2 Å². The summed E-state index contributed by atoms with van der Waals surface area (Å²) in [6, 6.07) is 10.0. The summed E-state index contributed by atoms with van der Waals surface area (Å²) in [6.45, 7) is 6.27. The molecule has 2 bridgehead atoms. The molecule has 3 aliphatic heterocycles. The van der Waals surface area contributed by atoms with Crippen LogP contribution in [0, 0.1) is 0 Å². The maximum atomic E-state index is 13.3. The number of piperidine rings is 1. The number of hydrogen-bond acceptors (Lipinski definition) is 7. The van der Waals surface area contributed by atoms with Crippen molar-refractivity contribution in [2.45, 2.75) is 70.1 Å². The minimum atomic E-state index is -3.24. The molecular formula is C29H41N5O6S. The fourth-order valence-corrected chi connectivity index (χ4v) is 7.51. The van der Waals surface area contributed by atoms with Gasteiger partial charge in [0.25, 0.3) is 11.5 Å². The van der Waals surface area contributed by atoms with Crippen LogP contribution in [0.15, 0.2) is 35.1 Å². The molecule has 2 amide bonds. The Hall–Kier alpha value is -2.96. The Morgan fingerprint density at radius 1 is 1.05 bits per heavy atom. The molecule has 1 N–H and O–H groups in total. The SMILES string of the molecule is CC(C)n1c(=O)c(C(=O)N[C@@H]2C[C@H]3CC[C@@H](C2)N3CCCOC(=O)N2CCN(S(C)(=O)=O)CC2)cc2ccccc21. The fourth-order valence-electron chi connectivity index (χ4n) is 6.68. The monoisotopic (exact) mass is 587 g/mol. The second kappa shape index (κ2) is 12.1. The molecule has 0 radical (unpaired) electrons. The highest BCUT2D eigenvalue weighted by molar-refractivity contribution is 7.88. The number of amides is 2. The van der Waals surface area contributed by atoms with Gasteiger partial charge in [-0.3, -0.25) is 14.5 Å². The van der Waals surface area contributed by atoms with Crippen molar-refractivity contribution >= 4 is 32.9 Å². The molecule has 224 valence electrons. The molecule has 12 heteroatoms. The molecule has 1 aromatic carbocycles. The van der Waals surface area contributed by atoms with E-state index in [0.29, 0.717) is 38.2 Å². The first-order valence-electron chi connectivity index (χ1n) is 14.6. The lowest BCUT2D eigenvalue weighted by Gasteiger charge is -2.39. The van der Waals surface area contributed by atoms with Crippen molar-refractivity contribution in [3.8, 4) is 0 Å². The minimum absolute atomic E-state index is 0.0121. The van der Waals surface area contributed by atoms with Crippen LogP contribution in [0.2, 0.25) is 0 Å². The number of piperazine rings is 1. The van der Waals surface area contributed by atoms with Gasteiger partial charge in [0.2, 0.25) is 10.0 Å². The normalized spacial score (nSPS) is 23.7. The van der Waals surface area contributed by atoms with Crippen molar-refractivity contribution in [2.75, 3.05) is 45.6 Å². The number of aromatic nitrogens is 1. The zero-order chi connectivity index (χ0) is 29.3. The molecule has 0 unspecified atom stereocenters. The highest BCUT2D eigenvalue weighted by atomic mass is 32.2. The number of benzene rings is 1. The third-order valence-corrected chi connectivity index (χ3v) is 9.98. The third-order valence-electron chi connectivity index (χ3n) is 8.68. The van der Waals surface area contributed by atoms with Crippen LogP contribution in [-0.2, 0) is 14.8 Å². The zero-order valence-corrected chi connectivity index (χ0v) is 24.9. The number of fused-ring (bicyclic) bond motifs is 3. The number of carbonyl (C=O) groups is 2. The highest BCUT2D eigenvalue weighted by Crippen LogP contribution is 2.36. The van der Waals surface area contributed by atoms with Crippen LogP contribution in [0.3, 0.4) is 0 Å². The fraction of sp³-hybridized carbons (Fsp3) is 0.621. The van der Waals surface area contributed by atoms with Crippen LogP contribution in [0.4, 0.5) is 4.79 Å². The van der Waals surface area contributed by atoms with Gasteiger partial charge in [-0.15, -0.1) is 0 Å². The van der Waals surface area contributed by atoms with E-state index in [1.165, 1.54) is 10.6 Å². The van der Waals surface area contributed by atoms with Crippen molar-refractivity contribution in [3.05, 3.63) is 46.2 Å². The van der Waals surface area contributed by atoms with Crippen LogP contribution < -0.4 is 10.9 Å². The molecule has 3 aliphatic rings. The minimum Gasteiger partial charge on any atom is -0.449 e. The average molecular weight is 588 g/mol. The lowest BCUT2D eigenvalue weighted by atomic mass is 9.96. The predicted octanol–water partition coefficient (Wildman–Crippen LogP) is 2.41. The molecule has 11 nitrogen and oxygen atoms in total. The number of pyridine rings is 1. The Balaban J connectivity index is 1.11. The van der Waals surface area contributed by atoms with E-state index in [0.717, 1.165) is 43.1 Å². The van der Waals surface area contributed by atoms with E-state index in [4.69, 9.17) is 4.74 Å². The largest absolute Gasteiger partial charge is 0.449 e. The van der Waals surface area contributed by atoms with E-state index in [2.05, 4.69) is 10.2 Å². The average Bonchev–Trinajstić information content (AvgIpc) is 3.17. The van der Waals surface area contributed by atoms with Gasteiger partial charge in [-0.2, -0.15) is 4.31 Å². The Morgan fingerprint density at radius 3 is 2.34 bits per heavy atom. The van der Waals surface area contributed by atoms with Crippen molar-refractivity contribution in [1.82, 2.24) is 24.0 Å². The number of para-hydroxylation sites is 1. The van der Waals surface area contributed by atoms with Crippen LogP contribution in [0.1, 0.15) is 62.4 Å². The molecule has 2 aromatic rings. The quantitative estimate of drug-likeness (QED) is 0.471. The van der Waals surface area contributed by atoms with Gasteiger partial charge in [-0.25, -0.2) is 13.2 Å². The van der Waals surface area contributed by atoms with Crippen LogP contribution in [-0.4, -0.2) is 103 Å². The van der Waals surface area contributed by atoms with E-state index in [1.54, 1.807) is 15.5 Å². The van der Waals surface area contributed by atoms with Gasteiger partial charge in [-0.1, -0.05) is 18.2 Å². The number of hydrogen-bond donors (Lipinski definition) is 1. The van der Waals surface area contributed by atoms with Gasteiger partial charge in [0.15, 0.2) is 0 Å². The maximum Gasteiger partial charge on any atom is 0.409 e. The smallest absolute Gasteiger partial charge is 0.409 e. The van der Waals surface area contributed by atoms with Gasteiger partial charge in [0.05, 0.1) is 18.4 Å². The second-order valence-electron chi connectivity index (χ2n) is 11.8. The van der Waals surface area contributed by atoms with Gasteiger partial charge in [-0.05, 0) is 63.5 Å². The predicted molar refractivity (Wildman–Crippen MR) is 157 cm³/mol. The third kappa shape index (κ3) is 6.44. The molecule has 3 atom stereocenters. The van der Waals surface area contributed by atoms with E-state index in [9.17, 15) is 22.8 Å². The summed E-state index contributed by atoms with van der Waals surface area (Å²) in [5.41, 5.74) is 0.755. The number of carbonyl (C=O) groups excluding carboxylic acids is 2. The summed E-state index contributed by atoms with van der Waals surface area (Å²) in [5, 5.41) is 4.04. The summed E-state index contributed by atoms with van der Waals surface area (Å²) in [5.74, 6) is -0.308. The maximum absolute atomic E-state index is 13.3. The molecule has 0 saturated carbocycles. The Morgan fingerprint density at radius 2 is 1.71 bits per heavy atom. The van der Waals surface area contributed by atoms with Crippen LogP contribution in [0.5, 0.6) is 0 Å². The van der Waals surface area contributed by atoms with Crippen molar-refractivity contribution in [2.24, 2.45) is 0 Å². The van der Waals surface area contributed by atoms with Crippen molar-refractivity contribution in [1.29, 1.82) is 0 Å². The number of nitrogens with one attached hydrogen (secondary N) is 1. The first-order valence-corrected chi connectivity index (χ1v) is 16.5. The summed E-state index contributed by atoms with van der Waals surface area (Å²) >= 11 is 0. The number of ether oxygens (including phenoxy) is 1. The summed E-state index contributed by atoms with van der Waals surface area (Å²) in [7, 11) is -3.24. The number of rotatable bonds is 8. The molecule has 1 aromatic heterocycles. The lowest BCUT2D eigenvalue weighted by molar-refractivity contribution is 0.0725. The molecular weight excluding hydrogens is 546 g/mol. The molecule has 5 rings (SSSR count). The van der Waals surface area contributed by atoms with Gasteiger partial charge in [0, 0.05) is 56.9 Å². The molecule has 0 spiro atoms. The van der Waals surface area contributed by atoms with Crippen LogP contribution in [0.25, 0.3) is 10.9 Å². The Kier molecular flexibility index (Phi) is 8.72. The van der Waals surface area contributed by atoms with Gasteiger partial charge >= 0.3 is 6.09 Å². The van der Waals surface area contributed by atoms with E-state index < -0.39 is 16.1 Å². The highest BCUT2D eigenvalue weighted by Gasteiger charge is 2.41. The standard InChI is InChI=1S/C29H41N5O6S/c1-20(2)34-26-8-5-4-7-21(26)17-25(28(34)36)27(35)30-22-18-23-9-10-24(19-22)33(23)11-6-16-40-29(37)31-12-14-32(15-13-31)41(3,38)39/h4-5,7-8,17,20,22-24H,6,9-16,18-19H2,1-3H3,(H,30,35)/t22-,23-,24+. The van der Waals surface area contributed by atoms with Gasteiger partial charge < -0.3 is 19.5 Å². The zero-order valence-electron chi connectivity index (χ0n) is 24.1. The first-order chi connectivity index (χ1) is 19.5. The van der Waals surface area contributed by atoms with Crippen LogP contribution >= 0.6 is 0 Å². The Bertz CT molecular complexity index is 1440. The summed E-state index contributed by atoms with van der Waals surface area (Å²) in [4.78, 5) is 43.1. The van der Waals surface area contributed by atoms with Crippen molar-refractivity contribution < 1.29 is 22.7 Å². The van der Waals surface area contributed by atoms with Crippen molar-refractivity contribution in [3.63, 3.8) is 0 Å². The lowest BCUT2D eigenvalue weighted by Crippen LogP contribution is -2.51.